The monoisotopic (exact) mass is 387 g/mol. The van der Waals surface area contributed by atoms with Gasteiger partial charge in [0.2, 0.25) is 0 Å². The predicted molar refractivity (Wildman–Crippen MR) is 85.7 cm³/mol. The Balaban J connectivity index is 2.41. The van der Waals surface area contributed by atoms with Crippen molar-refractivity contribution in [1.29, 1.82) is 0 Å². The van der Waals surface area contributed by atoms with Crippen LogP contribution in [0.3, 0.4) is 0 Å². The van der Waals surface area contributed by atoms with E-state index >= 15 is 0 Å². The molecule has 0 fully saturated rings. The first-order chi connectivity index (χ1) is 9.63. The lowest BCUT2D eigenvalue weighted by molar-refractivity contribution is 0.480. The fraction of sp³-hybridized carbons (Fsp3) is 0.250. The highest BCUT2D eigenvalue weighted by atomic mass is 127. The number of halogens is 3. The van der Waals surface area contributed by atoms with Gasteiger partial charge in [-0.25, -0.2) is 8.78 Å². The van der Waals surface area contributed by atoms with Gasteiger partial charge in [-0.2, -0.15) is 0 Å². The van der Waals surface area contributed by atoms with Crippen LogP contribution >= 0.6 is 22.6 Å². The largest absolute Gasteiger partial charge is 0.306 e. The van der Waals surface area contributed by atoms with E-state index in [0.29, 0.717) is 5.56 Å². The van der Waals surface area contributed by atoms with Crippen LogP contribution in [0.1, 0.15) is 30.5 Å². The Morgan fingerprint density at radius 3 is 2.45 bits per heavy atom. The van der Waals surface area contributed by atoms with Crippen LogP contribution in [0.15, 0.2) is 42.5 Å². The van der Waals surface area contributed by atoms with Gasteiger partial charge in [-0.3, -0.25) is 0 Å². The topological polar surface area (TPSA) is 12.0 Å². The standard InChI is InChI=1S/C16H16F2IN/c1-2-10-20-16(11-6-8-12(19)9-7-11)13-4-3-5-14(17)15(13)18/h3-9,16,20H,2,10H2,1H3. The molecule has 0 bridgehead atoms. The Morgan fingerprint density at radius 1 is 1.10 bits per heavy atom. The molecular formula is C16H16F2IN. The molecule has 0 aromatic heterocycles. The van der Waals surface area contributed by atoms with Gasteiger partial charge in [0.25, 0.3) is 0 Å². The van der Waals surface area contributed by atoms with E-state index < -0.39 is 11.6 Å². The highest BCUT2D eigenvalue weighted by Crippen LogP contribution is 2.26. The van der Waals surface area contributed by atoms with Gasteiger partial charge < -0.3 is 5.32 Å². The molecule has 0 aliphatic heterocycles. The van der Waals surface area contributed by atoms with Gasteiger partial charge in [-0.05, 0) is 59.3 Å². The lowest BCUT2D eigenvalue weighted by Gasteiger charge is -2.20. The maximum atomic E-state index is 14.0. The Kier molecular flexibility index (Phi) is 5.48. The average Bonchev–Trinajstić information content (AvgIpc) is 2.45. The summed E-state index contributed by atoms with van der Waals surface area (Å²) in [7, 11) is 0. The molecule has 0 amide bonds. The molecular weight excluding hydrogens is 371 g/mol. The second kappa shape index (κ2) is 7.13. The summed E-state index contributed by atoms with van der Waals surface area (Å²) in [5.74, 6) is -1.59. The van der Waals surface area contributed by atoms with Gasteiger partial charge in [-0.15, -0.1) is 0 Å². The van der Waals surface area contributed by atoms with Gasteiger partial charge in [-0.1, -0.05) is 31.2 Å². The van der Waals surface area contributed by atoms with Crippen molar-refractivity contribution in [2.24, 2.45) is 0 Å². The van der Waals surface area contributed by atoms with E-state index in [9.17, 15) is 8.78 Å². The molecule has 1 nitrogen and oxygen atoms in total. The van der Waals surface area contributed by atoms with E-state index in [0.717, 1.165) is 28.2 Å². The third kappa shape index (κ3) is 3.55. The normalized spacial score (nSPS) is 12.4. The van der Waals surface area contributed by atoms with Crippen LogP contribution < -0.4 is 5.32 Å². The molecule has 0 spiro atoms. The van der Waals surface area contributed by atoms with Crippen molar-refractivity contribution in [3.8, 4) is 0 Å². The molecule has 0 saturated heterocycles. The lowest BCUT2D eigenvalue weighted by atomic mass is 9.98. The van der Waals surface area contributed by atoms with Gasteiger partial charge in [0.1, 0.15) is 0 Å². The van der Waals surface area contributed by atoms with E-state index in [1.54, 1.807) is 12.1 Å². The molecule has 0 aliphatic carbocycles. The molecule has 1 N–H and O–H groups in total. The van der Waals surface area contributed by atoms with Crippen LogP contribution in [0.5, 0.6) is 0 Å². The molecule has 0 saturated carbocycles. The molecule has 0 radical (unpaired) electrons. The van der Waals surface area contributed by atoms with E-state index in [2.05, 4.69) is 27.9 Å². The van der Waals surface area contributed by atoms with Gasteiger partial charge in [0.15, 0.2) is 11.6 Å². The summed E-state index contributed by atoms with van der Waals surface area (Å²) in [5.41, 5.74) is 1.28. The van der Waals surface area contributed by atoms with Crippen molar-refractivity contribution in [3.05, 3.63) is 68.8 Å². The number of nitrogens with one attached hydrogen (secondary N) is 1. The van der Waals surface area contributed by atoms with Crippen molar-refractivity contribution in [2.45, 2.75) is 19.4 Å². The van der Waals surface area contributed by atoms with Crippen molar-refractivity contribution in [1.82, 2.24) is 5.32 Å². The molecule has 0 heterocycles. The van der Waals surface area contributed by atoms with Gasteiger partial charge in [0, 0.05) is 9.13 Å². The Hall–Kier alpha value is -1.01. The van der Waals surface area contributed by atoms with Crippen LogP contribution in [-0.4, -0.2) is 6.54 Å². The van der Waals surface area contributed by atoms with Gasteiger partial charge >= 0.3 is 0 Å². The summed E-state index contributed by atoms with van der Waals surface area (Å²) < 4.78 is 28.6. The van der Waals surface area contributed by atoms with Crippen molar-refractivity contribution in [2.75, 3.05) is 6.54 Å². The zero-order valence-electron chi connectivity index (χ0n) is 11.2. The minimum Gasteiger partial charge on any atom is -0.306 e. The first kappa shape index (κ1) is 15.4. The number of hydrogen-bond acceptors (Lipinski definition) is 1. The van der Waals surface area contributed by atoms with Crippen molar-refractivity contribution in [3.63, 3.8) is 0 Å². The molecule has 20 heavy (non-hydrogen) atoms. The fourth-order valence-electron chi connectivity index (χ4n) is 2.09. The molecule has 1 unspecified atom stereocenters. The third-order valence-electron chi connectivity index (χ3n) is 3.09. The quantitative estimate of drug-likeness (QED) is 0.737. The molecule has 4 heteroatoms. The minimum atomic E-state index is -0.809. The number of hydrogen-bond donors (Lipinski definition) is 1. The van der Waals surface area contributed by atoms with Crippen LogP contribution in [-0.2, 0) is 0 Å². The highest BCUT2D eigenvalue weighted by Gasteiger charge is 2.19. The fourth-order valence-corrected chi connectivity index (χ4v) is 2.45. The summed E-state index contributed by atoms with van der Waals surface area (Å²) in [6.07, 6.45) is 0.928. The van der Waals surface area contributed by atoms with Crippen molar-refractivity contribution >= 4 is 22.6 Å². The lowest BCUT2D eigenvalue weighted by Crippen LogP contribution is -2.24. The second-order valence-corrected chi connectivity index (χ2v) is 5.83. The predicted octanol–water partition coefficient (Wildman–Crippen LogP) is 4.66. The first-order valence-corrected chi connectivity index (χ1v) is 7.64. The van der Waals surface area contributed by atoms with Gasteiger partial charge in [0.05, 0.1) is 6.04 Å². The van der Waals surface area contributed by atoms with Crippen LogP contribution in [0, 0.1) is 15.2 Å². The first-order valence-electron chi connectivity index (χ1n) is 6.56. The maximum Gasteiger partial charge on any atom is 0.163 e. The summed E-state index contributed by atoms with van der Waals surface area (Å²) in [6.45, 7) is 2.78. The summed E-state index contributed by atoms with van der Waals surface area (Å²) >= 11 is 2.22. The van der Waals surface area contributed by atoms with Crippen molar-refractivity contribution < 1.29 is 8.78 Å². The second-order valence-electron chi connectivity index (χ2n) is 4.58. The minimum absolute atomic E-state index is 0.331. The number of rotatable bonds is 5. The summed E-state index contributed by atoms with van der Waals surface area (Å²) in [5, 5.41) is 3.28. The SMILES string of the molecule is CCCNC(c1ccc(I)cc1)c1cccc(F)c1F. The maximum absolute atomic E-state index is 14.0. The van der Waals surface area contributed by atoms with Crippen LogP contribution in [0.4, 0.5) is 8.78 Å². The smallest absolute Gasteiger partial charge is 0.163 e. The summed E-state index contributed by atoms with van der Waals surface area (Å²) in [6, 6.07) is 11.8. The Morgan fingerprint density at radius 2 is 1.80 bits per heavy atom. The molecule has 2 aromatic rings. The molecule has 0 aliphatic rings. The molecule has 2 aromatic carbocycles. The molecule has 106 valence electrons. The van der Waals surface area contributed by atoms with E-state index in [1.165, 1.54) is 0 Å². The van der Waals surface area contributed by atoms with Crippen LogP contribution in [0.25, 0.3) is 0 Å². The van der Waals surface area contributed by atoms with E-state index in [1.807, 2.05) is 31.2 Å². The van der Waals surface area contributed by atoms with E-state index in [-0.39, 0.29) is 6.04 Å². The molecule has 2 rings (SSSR count). The summed E-state index contributed by atoms with van der Waals surface area (Å²) in [4.78, 5) is 0. The zero-order chi connectivity index (χ0) is 14.5. The Labute approximate surface area is 131 Å². The third-order valence-corrected chi connectivity index (χ3v) is 3.81. The zero-order valence-corrected chi connectivity index (χ0v) is 13.3. The highest BCUT2D eigenvalue weighted by molar-refractivity contribution is 14.1. The molecule has 1 atom stereocenters. The van der Waals surface area contributed by atoms with E-state index in [4.69, 9.17) is 0 Å². The average molecular weight is 387 g/mol. The number of benzene rings is 2. The Bertz CT molecular complexity index is 569. The van der Waals surface area contributed by atoms with Crippen LogP contribution in [0.2, 0.25) is 0 Å².